The zero-order chi connectivity index (χ0) is 20.7. The number of ether oxygens (including phenoxy) is 2. The Bertz CT molecular complexity index is 809. The number of thiophene rings is 1. The van der Waals surface area contributed by atoms with E-state index in [4.69, 9.17) is 21.1 Å². The highest BCUT2D eigenvalue weighted by molar-refractivity contribution is 7.09. The minimum Gasteiger partial charge on any atom is -0.493 e. The second-order valence-electron chi connectivity index (χ2n) is 6.33. The van der Waals surface area contributed by atoms with E-state index in [0.29, 0.717) is 30.2 Å². The molecule has 2 rings (SSSR count). The van der Waals surface area contributed by atoms with Crippen LogP contribution in [0.15, 0.2) is 29.6 Å². The standard InChI is InChI=1S/C20H25ClN2O4S/c1-5-23(12-18(24)22-11-15-7-6-8-28-15)20(25)14-9-16(21)19(27-13(2)3)17(10-14)26-4/h6-10,13H,5,11-12H2,1-4H3,(H,22,24). The summed E-state index contributed by atoms with van der Waals surface area (Å²) in [6, 6.07) is 7.00. The van der Waals surface area contributed by atoms with Crippen LogP contribution < -0.4 is 14.8 Å². The van der Waals surface area contributed by atoms with Gasteiger partial charge >= 0.3 is 0 Å². The molecule has 0 saturated carbocycles. The summed E-state index contributed by atoms with van der Waals surface area (Å²) in [5, 5.41) is 5.07. The molecule has 0 saturated heterocycles. The van der Waals surface area contributed by atoms with Crippen molar-refractivity contribution in [2.75, 3.05) is 20.2 Å². The smallest absolute Gasteiger partial charge is 0.254 e. The Hall–Kier alpha value is -2.25. The fourth-order valence-corrected chi connectivity index (χ4v) is 3.43. The Morgan fingerprint density at radius 1 is 1.32 bits per heavy atom. The number of benzene rings is 1. The molecule has 0 atom stereocenters. The van der Waals surface area contributed by atoms with Crippen molar-refractivity contribution in [1.82, 2.24) is 10.2 Å². The number of likely N-dealkylation sites (N-methyl/N-ethyl adjacent to an activating group) is 1. The van der Waals surface area contributed by atoms with Crippen LogP contribution in [0.5, 0.6) is 11.5 Å². The van der Waals surface area contributed by atoms with E-state index in [2.05, 4.69) is 5.32 Å². The molecule has 1 N–H and O–H groups in total. The molecule has 0 fully saturated rings. The number of hydrogen-bond donors (Lipinski definition) is 1. The number of nitrogens with zero attached hydrogens (tertiary/aromatic N) is 1. The number of rotatable bonds is 9. The number of halogens is 1. The van der Waals surface area contributed by atoms with E-state index in [1.807, 2.05) is 38.3 Å². The minimum atomic E-state index is -0.301. The molecular formula is C20H25ClN2O4S. The summed E-state index contributed by atoms with van der Waals surface area (Å²) >= 11 is 7.88. The molecule has 28 heavy (non-hydrogen) atoms. The van der Waals surface area contributed by atoms with Crippen LogP contribution in [0.25, 0.3) is 0 Å². The molecule has 0 spiro atoms. The fraction of sp³-hybridized carbons (Fsp3) is 0.400. The summed E-state index contributed by atoms with van der Waals surface area (Å²) in [7, 11) is 1.49. The third-order valence-corrected chi connectivity index (χ3v) is 5.03. The van der Waals surface area contributed by atoms with Gasteiger partial charge in [-0.3, -0.25) is 9.59 Å². The number of nitrogens with one attached hydrogen (secondary N) is 1. The van der Waals surface area contributed by atoms with Crippen LogP contribution in [-0.4, -0.2) is 43.0 Å². The first-order valence-corrected chi connectivity index (χ1v) is 10.2. The zero-order valence-electron chi connectivity index (χ0n) is 16.5. The molecule has 0 aliphatic carbocycles. The van der Waals surface area contributed by atoms with E-state index >= 15 is 0 Å². The van der Waals surface area contributed by atoms with Crippen molar-refractivity contribution < 1.29 is 19.1 Å². The predicted molar refractivity (Wildman–Crippen MR) is 112 cm³/mol. The van der Waals surface area contributed by atoms with Gasteiger partial charge in [-0.25, -0.2) is 0 Å². The number of carbonyl (C=O) groups is 2. The second kappa shape index (κ2) is 10.3. The normalized spacial score (nSPS) is 10.6. The van der Waals surface area contributed by atoms with Crippen molar-refractivity contribution in [2.24, 2.45) is 0 Å². The molecule has 0 radical (unpaired) electrons. The third-order valence-electron chi connectivity index (χ3n) is 3.87. The van der Waals surface area contributed by atoms with Gasteiger partial charge in [-0.15, -0.1) is 11.3 Å². The van der Waals surface area contributed by atoms with Gasteiger partial charge in [0.25, 0.3) is 5.91 Å². The maximum atomic E-state index is 12.9. The average Bonchev–Trinajstić information content (AvgIpc) is 3.18. The lowest BCUT2D eigenvalue weighted by molar-refractivity contribution is -0.121. The summed E-state index contributed by atoms with van der Waals surface area (Å²) in [6.07, 6.45) is -0.0906. The largest absolute Gasteiger partial charge is 0.493 e. The van der Waals surface area contributed by atoms with Crippen LogP contribution >= 0.6 is 22.9 Å². The van der Waals surface area contributed by atoms with E-state index in [-0.39, 0.29) is 29.5 Å². The number of amides is 2. The first-order valence-electron chi connectivity index (χ1n) is 8.98. The van der Waals surface area contributed by atoms with Crippen LogP contribution in [0.4, 0.5) is 0 Å². The van der Waals surface area contributed by atoms with Crippen molar-refractivity contribution in [2.45, 2.75) is 33.4 Å². The van der Waals surface area contributed by atoms with Crippen molar-refractivity contribution in [3.05, 3.63) is 45.1 Å². The van der Waals surface area contributed by atoms with E-state index in [1.54, 1.807) is 17.4 Å². The highest BCUT2D eigenvalue weighted by atomic mass is 35.5. The van der Waals surface area contributed by atoms with Gasteiger partial charge in [-0.2, -0.15) is 0 Å². The molecule has 1 aromatic heterocycles. The number of hydrogen-bond acceptors (Lipinski definition) is 5. The first kappa shape index (κ1) is 22.0. The van der Waals surface area contributed by atoms with Gasteiger partial charge in [0.1, 0.15) is 0 Å². The number of carbonyl (C=O) groups excluding carboxylic acids is 2. The molecule has 2 amide bonds. The predicted octanol–water partition coefficient (Wildman–Crippen LogP) is 3.98. The lowest BCUT2D eigenvalue weighted by Gasteiger charge is -2.22. The summed E-state index contributed by atoms with van der Waals surface area (Å²) in [6.45, 7) is 6.37. The monoisotopic (exact) mass is 424 g/mol. The Balaban J connectivity index is 2.10. The van der Waals surface area contributed by atoms with E-state index in [0.717, 1.165) is 4.88 Å². The van der Waals surface area contributed by atoms with Gasteiger partial charge in [0.05, 0.1) is 31.3 Å². The molecule has 1 heterocycles. The third kappa shape index (κ3) is 5.87. The van der Waals surface area contributed by atoms with Gasteiger partial charge in [-0.05, 0) is 44.4 Å². The van der Waals surface area contributed by atoms with Crippen molar-refractivity contribution >= 4 is 34.8 Å². The zero-order valence-corrected chi connectivity index (χ0v) is 18.0. The Morgan fingerprint density at radius 2 is 2.07 bits per heavy atom. The molecule has 0 aliphatic heterocycles. The number of methoxy groups -OCH3 is 1. The van der Waals surface area contributed by atoms with Gasteiger partial charge in [0.15, 0.2) is 11.5 Å². The molecule has 8 heteroatoms. The second-order valence-corrected chi connectivity index (χ2v) is 7.77. The molecule has 6 nitrogen and oxygen atoms in total. The van der Waals surface area contributed by atoms with Gasteiger partial charge < -0.3 is 19.7 Å². The Kier molecular flexibility index (Phi) is 8.14. The lowest BCUT2D eigenvalue weighted by Crippen LogP contribution is -2.40. The molecular weight excluding hydrogens is 400 g/mol. The molecule has 0 unspecified atom stereocenters. The average molecular weight is 425 g/mol. The summed E-state index contributed by atoms with van der Waals surface area (Å²) < 4.78 is 11.0. The summed E-state index contributed by atoms with van der Waals surface area (Å²) in [5.74, 6) is 0.252. The highest BCUT2D eigenvalue weighted by Gasteiger charge is 2.21. The van der Waals surface area contributed by atoms with Gasteiger partial charge in [0, 0.05) is 17.0 Å². The van der Waals surface area contributed by atoms with E-state index < -0.39 is 0 Å². The Morgan fingerprint density at radius 3 is 2.64 bits per heavy atom. The molecule has 152 valence electrons. The molecule has 0 bridgehead atoms. The van der Waals surface area contributed by atoms with E-state index in [9.17, 15) is 9.59 Å². The first-order chi connectivity index (χ1) is 13.3. The van der Waals surface area contributed by atoms with Crippen molar-refractivity contribution in [1.29, 1.82) is 0 Å². The molecule has 2 aromatic rings. The van der Waals surface area contributed by atoms with E-state index in [1.165, 1.54) is 18.1 Å². The Labute approximate surface area is 174 Å². The quantitative estimate of drug-likeness (QED) is 0.661. The molecule has 0 aliphatic rings. The maximum Gasteiger partial charge on any atom is 0.254 e. The lowest BCUT2D eigenvalue weighted by atomic mass is 10.1. The van der Waals surface area contributed by atoms with Gasteiger partial charge in [-0.1, -0.05) is 17.7 Å². The van der Waals surface area contributed by atoms with Crippen LogP contribution in [0.3, 0.4) is 0 Å². The van der Waals surface area contributed by atoms with Crippen LogP contribution in [0.2, 0.25) is 5.02 Å². The topological polar surface area (TPSA) is 67.9 Å². The SMILES string of the molecule is CCN(CC(=O)NCc1cccs1)C(=O)c1cc(Cl)c(OC(C)C)c(OC)c1. The van der Waals surface area contributed by atoms with Crippen LogP contribution in [-0.2, 0) is 11.3 Å². The summed E-state index contributed by atoms with van der Waals surface area (Å²) in [4.78, 5) is 27.6. The minimum absolute atomic E-state index is 0.0368. The fourth-order valence-electron chi connectivity index (χ4n) is 2.53. The van der Waals surface area contributed by atoms with Gasteiger partial charge in [0.2, 0.25) is 5.91 Å². The van der Waals surface area contributed by atoms with Crippen LogP contribution in [0, 0.1) is 0 Å². The van der Waals surface area contributed by atoms with Crippen molar-refractivity contribution in [3.8, 4) is 11.5 Å². The maximum absolute atomic E-state index is 12.9. The highest BCUT2D eigenvalue weighted by Crippen LogP contribution is 2.37. The summed E-state index contributed by atoms with van der Waals surface area (Å²) in [5.41, 5.74) is 0.339. The molecule has 1 aromatic carbocycles. The van der Waals surface area contributed by atoms with Crippen LogP contribution in [0.1, 0.15) is 36.0 Å². The van der Waals surface area contributed by atoms with Crippen molar-refractivity contribution in [3.63, 3.8) is 0 Å².